The van der Waals surface area contributed by atoms with Gasteiger partial charge in [-0.3, -0.25) is 9.69 Å². The van der Waals surface area contributed by atoms with Gasteiger partial charge >= 0.3 is 6.03 Å². The Balaban J connectivity index is 2.21. The number of hydrogen-bond acceptors (Lipinski definition) is 2. The van der Waals surface area contributed by atoms with Gasteiger partial charge in [0.2, 0.25) is 0 Å². The van der Waals surface area contributed by atoms with Crippen LogP contribution in [0.5, 0.6) is 0 Å². The first-order chi connectivity index (χ1) is 6.69. The Morgan fingerprint density at radius 1 is 1.29 bits per heavy atom. The molecule has 0 aromatic carbocycles. The Morgan fingerprint density at radius 3 is 2.43 bits per heavy atom. The van der Waals surface area contributed by atoms with E-state index < -0.39 is 5.54 Å². The molecule has 1 aliphatic carbocycles. The predicted octanol–water partition coefficient (Wildman–Crippen LogP) is 1.26. The van der Waals surface area contributed by atoms with Crippen LogP contribution < -0.4 is 5.32 Å². The summed E-state index contributed by atoms with van der Waals surface area (Å²) < 4.78 is 0. The van der Waals surface area contributed by atoms with Crippen LogP contribution in [0, 0.1) is 0 Å². The maximum Gasteiger partial charge on any atom is 0.325 e. The first kappa shape index (κ1) is 9.49. The molecule has 78 valence electrons. The minimum atomic E-state index is -0.536. The average Bonchev–Trinajstić information content (AvgIpc) is 2.40. The number of urea groups is 1. The first-order valence-electron chi connectivity index (χ1n) is 5.34. The second-order valence-corrected chi connectivity index (χ2v) is 4.12. The van der Waals surface area contributed by atoms with Gasteiger partial charge in [0.1, 0.15) is 5.54 Å². The van der Waals surface area contributed by atoms with E-state index in [4.69, 9.17) is 0 Å². The van der Waals surface area contributed by atoms with E-state index in [1.807, 2.05) is 6.92 Å². The molecule has 1 spiro atoms. The van der Waals surface area contributed by atoms with E-state index in [0.29, 0.717) is 6.54 Å². The zero-order valence-corrected chi connectivity index (χ0v) is 8.51. The van der Waals surface area contributed by atoms with Crippen LogP contribution in [-0.4, -0.2) is 28.9 Å². The van der Waals surface area contributed by atoms with Gasteiger partial charge in [0, 0.05) is 6.54 Å². The third-order valence-corrected chi connectivity index (χ3v) is 3.27. The number of imide groups is 1. The van der Waals surface area contributed by atoms with E-state index in [-0.39, 0.29) is 11.9 Å². The molecule has 1 N–H and O–H groups in total. The monoisotopic (exact) mass is 196 g/mol. The SMILES string of the molecule is CCN1C(=O)NC2(CCCCC2)C1=O. The highest BCUT2D eigenvalue weighted by atomic mass is 16.2. The van der Waals surface area contributed by atoms with Gasteiger partial charge in [0.05, 0.1) is 0 Å². The number of hydrogen-bond donors (Lipinski definition) is 1. The third kappa shape index (κ3) is 1.21. The summed E-state index contributed by atoms with van der Waals surface area (Å²) in [7, 11) is 0. The lowest BCUT2D eigenvalue weighted by Crippen LogP contribution is -2.48. The summed E-state index contributed by atoms with van der Waals surface area (Å²) in [4.78, 5) is 24.8. The zero-order valence-electron chi connectivity index (χ0n) is 8.51. The topological polar surface area (TPSA) is 49.4 Å². The Labute approximate surface area is 83.6 Å². The van der Waals surface area contributed by atoms with Gasteiger partial charge in [-0.25, -0.2) is 4.79 Å². The lowest BCUT2D eigenvalue weighted by Gasteiger charge is -2.30. The third-order valence-electron chi connectivity index (χ3n) is 3.27. The van der Waals surface area contributed by atoms with E-state index in [0.717, 1.165) is 25.7 Å². The van der Waals surface area contributed by atoms with Gasteiger partial charge in [-0.1, -0.05) is 19.3 Å². The van der Waals surface area contributed by atoms with Crippen LogP contribution in [0.15, 0.2) is 0 Å². The zero-order chi connectivity index (χ0) is 10.2. The lowest BCUT2D eigenvalue weighted by atomic mass is 9.82. The van der Waals surface area contributed by atoms with E-state index in [1.54, 1.807) is 0 Å². The molecule has 0 aromatic heterocycles. The molecule has 0 aromatic rings. The van der Waals surface area contributed by atoms with Crippen LogP contribution in [-0.2, 0) is 4.79 Å². The molecule has 1 heterocycles. The molecule has 0 bridgehead atoms. The number of nitrogens with zero attached hydrogens (tertiary/aromatic N) is 1. The summed E-state index contributed by atoms with van der Waals surface area (Å²) in [5.74, 6) is -0.00954. The Kier molecular flexibility index (Phi) is 2.21. The van der Waals surface area contributed by atoms with Crippen LogP contribution in [0.4, 0.5) is 4.79 Å². The summed E-state index contributed by atoms with van der Waals surface area (Å²) in [5, 5.41) is 2.86. The predicted molar refractivity (Wildman–Crippen MR) is 51.7 cm³/mol. The quantitative estimate of drug-likeness (QED) is 0.642. The van der Waals surface area contributed by atoms with Gasteiger partial charge in [-0.15, -0.1) is 0 Å². The normalized spacial score (nSPS) is 25.6. The van der Waals surface area contributed by atoms with Crippen LogP contribution in [0.2, 0.25) is 0 Å². The molecule has 0 atom stereocenters. The highest BCUT2D eigenvalue weighted by Crippen LogP contribution is 2.33. The fourth-order valence-electron chi connectivity index (χ4n) is 2.46. The van der Waals surface area contributed by atoms with Crippen LogP contribution in [0.1, 0.15) is 39.0 Å². The summed E-state index contributed by atoms with van der Waals surface area (Å²) >= 11 is 0. The summed E-state index contributed by atoms with van der Waals surface area (Å²) in [6.07, 6.45) is 4.90. The number of likely N-dealkylation sites (N-methyl/N-ethyl adjacent to an activating group) is 1. The fourth-order valence-corrected chi connectivity index (χ4v) is 2.46. The Morgan fingerprint density at radius 2 is 1.93 bits per heavy atom. The minimum absolute atomic E-state index is 0.00954. The van der Waals surface area contributed by atoms with Gasteiger partial charge in [-0.2, -0.15) is 0 Å². The standard InChI is InChI=1S/C10H16N2O2/c1-2-12-8(13)10(11-9(12)14)6-4-3-5-7-10/h2-7H2,1H3,(H,11,14). The first-order valence-corrected chi connectivity index (χ1v) is 5.34. The van der Waals surface area contributed by atoms with Gasteiger partial charge < -0.3 is 5.32 Å². The van der Waals surface area contributed by atoms with Crippen molar-refractivity contribution in [3.05, 3.63) is 0 Å². The summed E-state index contributed by atoms with van der Waals surface area (Å²) in [5.41, 5.74) is -0.536. The molecule has 1 saturated heterocycles. The van der Waals surface area contributed by atoms with Crippen molar-refractivity contribution < 1.29 is 9.59 Å². The number of amides is 3. The molecule has 4 heteroatoms. The molecule has 3 amide bonds. The Hall–Kier alpha value is -1.06. The largest absolute Gasteiger partial charge is 0.325 e. The van der Waals surface area contributed by atoms with Crippen molar-refractivity contribution in [3.63, 3.8) is 0 Å². The molecular formula is C10H16N2O2. The van der Waals surface area contributed by atoms with Crippen molar-refractivity contribution in [2.75, 3.05) is 6.54 Å². The number of carbonyl (C=O) groups is 2. The van der Waals surface area contributed by atoms with Gasteiger partial charge in [0.25, 0.3) is 5.91 Å². The van der Waals surface area contributed by atoms with Crippen molar-refractivity contribution in [2.45, 2.75) is 44.6 Å². The molecule has 0 radical (unpaired) electrons. The van der Waals surface area contributed by atoms with Crippen molar-refractivity contribution in [2.24, 2.45) is 0 Å². The van der Waals surface area contributed by atoms with Gasteiger partial charge in [-0.05, 0) is 19.8 Å². The fraction of sp³-hybridized carbons (Fsp3) is 0.800. The number of rotatable bonds is 1. The van der Waals surface area contributed by atoms with Gasteiger partial charge in [0.15, 0.2) is 0 Å². The molecule has 1 aliphatic heterocycles. The smallest absolute Gasteiger partial charge is 0.323 e. The number of carbonyl (C=O) groups excluding carboxylic acids is 2. The molecule has 2 rings (SSSR count). The highest BCUT2D eigenvalue weighted by Gasteiger charge is 2.50. The minimum Gasteiger partial charge on any atom is -0.323 e. The second-order valence-electron chi connectivity index (χ2n) is 4.12. The van der Waals surface area contributed by atoms with E-state index in [1.165, 1.54) is 11.3 Å². The number of nitrogens with one attached hydrogen (secondary N) is 1. The summed E-state index contributed by atoms with van der Waals surface area (Å²) in [6.45, 7) is 2.31. The molecule has 0 unspecified atom stereocenters. The van der Waals surface area contributed by atoms with Crippen molar-refractivity contribution >= 4 is 11.9 Å². The molecular weight excluding hydrogens is 180 g/mol. The lowest BCUT2D eigenvalue weighted by molar-refractivity contribution is -0.132. The van der Waals surface area contributed by atoms with Crippen LogP contribution in [0.25, 0.3) is 0 Å². The second kappa shape index (κ2) is 3.26. The van der Waals surface area contributed by atoms with E-state index in [2.05, 4.69) is 5.32 Å². The maximum atomic E-state index is 12.0. The molecule has 2 aliphatic rings. The van der Waals surface area contributed by atoms with E-state index in [9.17, 15) is 9.59 Å². The Bertz CT molecular complexity index is 269. The maximum absolute atomic E-state index is 12.0. The van der Waals surface area contributed by atoms with Crippen LogP contribution in [0.3, 0.4) is 0 Å². The molecule has 2 fully saturated rings. The molecule has 4 nitrogen and oxygen atoms in total. The molecule has 1 saturated carbocycles. The average molecular weight is 196 g/mol. The van der Waals surface area contributed by atoms with Crippen molar-refractivity contribution in [1.82, 2.24) is 10.2 Å². The highest BCUT2D eigenvalue weighted by molar-refractivity contribution is 6.07. The van der Waals surface area contributed by atoms with E-state index >= 15 is 0 Å². The summed E-state index contributed by atoms with van der Waals surface area (Å²) in [6, 6.07) is -0.209. The van der Waals surface area contributed by atoms with Crippen molar-refractivity contribution in [1.29, 1.82) is 0 Å². The molecule has 14 heavy (non-hydrogen) atoms. The van der Waals surface area contributed by atoms with Crippen LogP contribution >= 0.6 is 0 Å². The van der Waals surface area contributed by atoms with Crippen molar-refractivity contribution in [3.8, 4) is 0 Å².